The van der Waals surface area contributed by atoms with Crippen LogP contribution in [-0.4, -0.2) is 11.1 Å². The number of nitrogen functional groups attached to an aromatic ring is 1. The van der Waals surface area contributed by atoms with Gasteiger partial charge < -0.3 is 15.6 Å². The van der Waals surface area contributed by atoms with E-state index in [1.54, 1.807) is 37.3 Å². The van der Waals surface area contributed by atoms with Gasteiger partial charge in [-0.15, -0.1) is 0 Å². The smallest absolute Gasteiger partial charge is 0.338 e. The maximum absolute atomic E-state index is 12.0. The molecular formula is C16H17NO3. The highest BCUT2D eigenvalue weighted by Crippen LogP contribution is 2.17. The highest BCUT2D eigenvalue weighted by Gasteiger charge is 2.11. The fourth-order valence-corrected chi connectivity index (χ4v) is 1.84. The van der Waals surface area contributed by atoms with Crippen LogP contribution >= 0.6 is 0 Å². The SMILES string of the molecule is Cc1c(N)cccc1C(=O)OCc1ccc(CO)cc1. The number of hydrogen-bond donors (Lipinski definition) is 2. The van der Waals surface area contributed by atoms with Crippen molar-refractivity contribution in [2.24, 2.45) is 0 Å². The molecule has 0 aliphatic carbocycles. The minimum absolute atomic E-state index is 0.00253. The largest absolute Gasteiger partial charge is 0.457 e. The Kier molecular flexibility index (Phi) is 4.38. The van der Waals surface area contributed by atoms with E-state index in [2.05, 4.69) is 0 Å². The van der Waals surface area contributed by atoms with Crippen LogP contribution in [0.15, 0.2) is 42.5 Å². The van der Waals surface area contributed by atoms with E-state index in [0.29, 0.717) is 11.3 Å². The molecule has 0 heterocycles. The number of aliphatic hydroxyl groups is 1. The van der Waals surface area contributed by atoms with Gasteiger partial charge in [-0.25, -0.2) is 4.79 Å². The number of carbonyl (C=O) groups is 1. The summed E-state index contributed by atoms with van der Waals surface area (Å²) in [6, 6.07) is 12.4. The Morgan fingerprint density at radius 2 is 1.80 bits per heavy atom. The van der Waals surface area contributed by atoms with Gasteiger partial charge in [-0.05, 0) is 35.7 Å². The van der Waals surface area contributed by atoms with Gasteiger partial charge in [0, 0.05) is 5.69 Å². The molecule has 0 aromatic heterocycles. The van der Waals surface area contributed by atoms with Crippen LogP contribution in [0.25, 0.3) is 0 Å². The number of nitrogens with two attached hydrogens (primary N) is 1. The first-order chi connectivity index (χ1) is 9.61. The monoisotopic (exact) mass is 271 g/mol. The van der Waals surface area contributed by atoms with Crippen LogP contribution < -0.4 is 5.73 Å². The first kappa shape index (κ1) is 14.1. The highest BCUT2D eigenvalue weighted by molar-refractivity contribution is 5.92. The fourth-order valence-electron chi connectivity index (χ4n) is 1.84. The number of rotatable bonds is 4. The van der Waals surface area contributed by atoms with Crippen molar-refractivity contribution >= 4 is 11.7 Å². The molecule has 0 amide bonds. The van der Waals surface area contributed by atoms with Crippen LogP contribution in [0.2, 0.25) is 0 Å². The highest BCUT2D eigenvalue weighted by atomic mass is 16.5. The molecule has 0 fully saturated rings. The zero-order valence-corrected chi connectivity index (χ0v) is 11.3. The summed E-state index contributed by atoms with van der Waals surface area (Å²) in [5.41, 5.74) is 9.25. The topological polar surface area (TPSA) is 72.6 Å². The van der Waals surface area contributed by atoms with Gasteiger partial charge in [0.05, 0.1) is 12.2 Å². The van der Waals surface area contributed by atoms with E-state index in [-0.39, 0.29) is 19.2 Å². The second-order valence-corrected chi connectivity index (χ2v) is 4.57. The van der Waals surface area contributed by atoms with Gasteiger partial charge in [-0.3, -0.25) is 0 Å². The standard InChI is InChI=1S/C16H17NO3/c1-11-14(3-2-4-15(11)17)16(19)20-10-13-7-5-12(9-18)6-8-13/h2-8,18H,9-10,17H2,1H3. The Morgan fingerprint density at radius 1 is 1.15 bits per heavy atom. The van der Waals surface area contributed by atoms with Crippen molar-refractivity contribution in [3.8, 4) is 0 Å². The molecule has 0 spiro atoms. The van der Waals surface area contributed by atoms with Gasteiger partial charge in [0.15, 0.2) is 0 Å². The van der Waals surface area contributed by atoms with Crippen LogP contribution in [0.5, 0.6) is 0 Å². The van der Waals surface area contributed by atoms with Crippen molar-refractivity contribution in [2.45, 2.75) is 20.1 Å². The number of ether oxygens (including phenoxy) is 1. The summed E-state index contributed by atoms with van der Waals surface area (Å²) in [5, 5.41) is 8.95. The number of esters is 1. The molecule has 0 radical (unpaired) electrons. The number of anilines is 1. The zero-order chi connectivity index (χ0) is 14.5. The summed E-state index contributed by atoms with van der Waals surface area (Å²) in [6.07, 6.45) is 0. The minimum Gasteiger partial charge on any atom is -0.457 e. The van der Waals surface area contributed by atoms with Crippen LogP contribution in [0.3, 0.4) is 0 Å². The third kappa shape index (κ3) is 3.16. The van der Waals surface area contributed by atoms with Crippen LogP contribution in [0.1, 0.15) is 27.0 Å². The molecule has 0 bridgehead atoms. The zero-order valence-electron chi connectivity index (χ0n) is 11.3. The van der Waals surface area contributed by atoms with Crippen molar-refractivity contribution in [1.82, 2.24) is 0 Å². The van der Waals surface area contributed by atoms with E-state index in [1.165, 1.54) is 0 Å². The Balaban J connectivity index is 2.02. The molecular weight excluding hydrogens is 254 g/mol. The molecule has 0 atom stereocenters. The van der Waals surface area contributed by atoms with Crippen molar-refractivity contribution in [2.75, 3.05) is 5.73 Å². The van der Waals surface area contributed by atoms with Gasteiger partial charge >= 0.3 is 5.97 Å². The minimum atomic E-state index is -0.388. The van der Waals surface area contributed by atoms with Gasteiger partial charge in [0.2, 0.25) is 0 Å². The molecule has 2 rings (SSSR count). The Morgan fingerprint density at radius 3 is 2.45 bits per heavy atom. The Labute approximate surface area is 117 Å². The predicted molar refractivity (Wildman–Crippen MR) is 77.1 cm³/mol. The lowest BCUT2D eigenvalue weighted by Gasteiger charge is -2.09. The summed E-state index contributed by atoms with van der Waals surface area (Å²) in [6.45, 7) is 1.99. The van der Waals surface area contributed by atoms with Crippen molar-refractivity contribution in [3.05, 3.63) is 64.7 Å². The lowest BCUT2D eigenvalue weighted by atomic mass is 10.1. The third-order valence-corrected chi connectivity index (χ3v) is 3.17. The normalized spacial score (nSPS) is 10.3. The molecule has 0 saturated carbocycles. The quantitative estimate of drug-likeness (QED) is 0.661. The second kappa shape index (κ2) is 6.21. The van der Waals surface area contributed by atoms with Crippen LogP contribution in [0.4, 0.5) is 5.69 Å². The van der Waals surface area contributed by atoms with Crippen molar-refractivity contribution in [3.63, 3.8) is 0 Å². The molecule has 0 aliphatic rings. The molecule has 4 nitrogen and oxygen atoms in total. The van der Waals surface area contributed by atoms with Gasteiger partial charge in [-0.1, -0.05) is 30.3 Å². The molecule has 4 heteroatoms. The molecule has 0 aliphatic heterocycles. The maximum Gasteiger partial charge on any atom is 0.338 e. The summed E-state index contributed by atoms with van der Waals surface area (Å²) >= 11 is 0. The Bertz CT molecular complexity index is 606. The van der Waals surface area contributed by atoms with Crippen LogP contribution in [0, 0.1) is 6.92 Å². The molecule has 0 saturated heterocycles. The number of aliphatic hydroxyl groups excluding tert-OH is 1. The van der Waals surface area contributed by atoms with Gasteiger partial charge in [0.25, 0.3) is 0 Å². The van der Waals surface area contributed by atoms with Gasteiger partial charge in [0.1, 0.15) is 6.61 Å². The van der Waals surface area contributed by atoms with E-state index in [0.717, 1.165) is 16.7 Å². The van der Waals surface area contributed by atoms with Crippen molar-refractivity contribution < 1.29 is 14.6 Å². The average Bonchev–Trinajstić information content (AvgIpc) is 2.48. The van der Waals surface area contributed by atoms with E-state index >= 15 is 0 Å². The first-order valence-electron chi connectivity index (χ1n) is 6.32. The maximum atomic E-state index is 12.0. The van der Waals surface area contributed by atoms with Gasteiger partial charge in [-0.2, -0.15) is 0 Å². The fraction of sp³-hybridized carbons (Fsp3) is 0.188. The molecule has 3 N–H and O–H groups in total. The first-order valence-corrected chi connectivity index (χ1v) is 6.32. The Hall–Kier alpha value is -2.33. The molecule has 0 unspecified atom stereocenters. The second-order valence-electron chi connectivity index (χ2n) is 4.57. The van der Waals surface area contributed by atoms with Crippen molar-refractivity contribution in [1.29, 1.82) is 0 Å². The molecule has 20 heavy (non-hydrogen) atoms. The number of carbonyl (C=O) groups excluding carboxylic acids is 1. The predicted octanol–water partition coefficient (Wildman–Crippen LogP) is 2.43. The lowest BCUT2D eigenvalue weighted by Crippen LogP contribution is -2.08. The van der Waals surface area contributed by atoms with Crippen LogP contribution in [-0.2, 0) is 18.0 Å². The third-order valence-electron chi connectivity index (χ3n) is 3.17. The summed E-state index contributed by atoms with van der Waals surface area (Å²) in [4.78, 5) is 12.0. The summed E-state index contributed by atoms with van der Waals surface area (Å²) in [5.74, 6) is -0.388. The molecule has 2 aromatic rings. The molecule has 104 valence electrons. The average molecular weight is 271 g/mol. The van der Waals surface area contributed by atoms with E-state index in [9.17, 15) is 4.79 Å². The number of benzene rings is 2. The summed E-state index contributed by atoms with van der Waals surface area (Å²) < 4.78 is 5.27. The number of hydrogen-bond acceptors (Lipinski definition) is 4. The summed E-state index contributed by atoms with van der Waals surface area (Å²) in [7, 11) is 0. The van der Waals surface area contributed by atoms with E-state index < -0.39 is 0 Å². The van der Waals surface area contributed by atoms with E-state index in [1.807, 2.05) is 12.1 Å². The molecule has 2 aromatic carbocycles. The lowest BCUT2D eigenvalue weighted by molar-refractivity contribution is 0.0472. The van der Waals surface area contributed by atoms with E-state index in [4.69, 9.17) is 15.6 Å².